The minimum atomic E-state index is 1.03. The lowest BCUT2D eigenvalue weighted by Gasteiger charge is -2.15. The van der Waals surface area contributed by atoms with Gasteiger partial charge in [0.15, 0.2) is 0 Å². The molecule has 0 saturated heterocycles. The third kappa shape index (κ3) is 3.19. The molecule has 0 radical (unpaired) electrons. The van der Waals surface area contributed by atoms with E-state index >= 15 is 0 Å². The topological polar surface area (TPSA) is 9.86 Å². The summed E-state index contributed by atoms with van der Waals surface area (Å²) in [6.07, 6.45) is 17.1. The predicted octanol–water partition coefficient (Wildman–Crippen LogP) is 9.85. The molecule has 6 aromatic rings. The molecule has 37 heavy (non-hydrogen) atoms. The van der Waals surface area contributed by atoms with Crippen LogP contribution in [0.15, 0.2) is 122 Å². The predicted molar refractivity (Wildman–Crippen MR) is 162 cm³/mol. The monoisotopic (exact) mass is 476 g/mol. The van der Waals surface area contributed by atoms with E-state index in [4.69, 9.17) is 0 Å². The molecular formula is C35H28N2. The second kappa shape index (κ2) is 8.53. The molecule has 178 valence electrons. The van der Waals surface area contributed by atoms with Crippen molar-refractivity contribution in [3.63, 3.8) is 0 Å². The molecule has 0 amide bonds. The maximum Gasteiger partial charge on any atom is 0.0616 e. The first-order valence-electron chi connectivity index (χ1n) is 13.0. The number of benzene rings is 4. The zero-order valence-electron chi connectivity index (χ0n) is 21.0. The Bertz CT molecular complexity index is 2000. The van der Waals surface area contributed by atoms with Crippen LogP contribution in [0.25, 0.3) is 65.8 Å². The first-order valence-corrected chi connectivity index (χ1v) is 13.0. The highest BCUT2D eigenvalue weighted by Gasteiger charge is 2.20. The molecule has 1 aliphatic carbocycles. The second-order valence-corrected chi connectivity index (χ2v) is 9.70. The number of para-hydroxylation sites is 1. The number of fused-ring (bicyclic) bond motifs is 8. The van der Waals surface area contributed by atoms with E-state index in [9.17, 15) is 0 Å². The molecule has 1 aliphatic rings. The molecular weight excluding hydrogens is 448 g/mol. The summed E-state index contributed by atoms with van der Waals surface area (Å²) in [6.45, 7) is 6.20. The van der Waals surface area contributed by atoms with Crippen LogP contribution >= 0.6 is 0 Å². The maximum atomic E-state index is 4.16. The Balaban J connectivity index is 1.71. The molecule has 0 unspecified atom stereocenters. The molecule has 0 aliphatic heterocycles. The molecule has 2 heteroatoms. The number of nitrogens with zero attached hydrogens (tertiary/aromatic N) is 2. The summed E-state index contributed by atoms with van der Waals surface area (Å²) in [6, 6.07) is 26.8. The van der Waals surface area contributed by atoms with Crippen molar-refractivity contribution in [2.24, 2.45) is 0 Å². The van der Waals surface area contributed by atoms with Gasteiger partial charge in [0.1, 0.15) is 0 Å². The maximum absolute atomic E-state index is 4.16. The van der Waals surface area contributed by atoms with Crippen molar-refractivity contribution in [3.8, 4) is 0 Å². The Hall–Kier alpha value is -4.56. The van der Waals surface area contributed by atoms with E-state index < -0.39 is 0 Å². The largest absolute Gasteiger partial charge is 0.312 e. The van der Waals surface area contributed by atoms with Crippen molar-refractivity contribution in [3.05, 3.63) is 122 Å². The van der Waals surface area contributed by atoms with Gasteiger partial charge in [-0.3, -0.25) is 0 Å². The Labute approximate surface area is 216 Å². The van der Waals surface area contributed by atoms with Crippen molar-refractivity contribution < 1.29 is 0 Å². The molecule has 7 rings (SSSR count). The smallest absolute Gasteiger partial charge is 0.0616 e. The molecule has 0 atom stereocenters. The first-order chi connectivity index (χ1) is 18.3. The van der Waals surface area contributed by atoms with Crippen LogP contribution in [-0.2, 0) is 0 Å². The van der Waals surface area contributed by atoms with Crippen LogP contribution in [-0.4, -0.2) is 9.13 Å². The molecule has 0 fully saturated rings. The van der Waals surface area contributed by atoms with E-state index in [2.05, 4.69) is 125 Å². The molecule has 0 N–H and O–H groups in total. The average Bonchev–Trinajstić information content (AvgIpc) is 3.45. The normalized spacial score (nSPS) is 14.6. The summed E-state index contributed by atoms with van der Waals surface area (Å²) >= 11 is 0. The fourth-order valence-corrected chi connectivity index (χ4v) is 6.02. The van der Waals surface area contributed by atoms with Gasteiger partial charge in [-0.25, -0.2) is 0 Å². The van der Waals surface area contributed by atoms with Gasteiger partial charge in [0.25, 0.3) is 0 Å². The Morgan fingerprint density at radius 3 is 2.43 bits per heavy atom. The summed E-state index contributed by atoms with van der Waals surface area (Å²) < 4.78 is 4.87. The summed E-state index contributed by atoms with van der Waals surface area (Å²) in [5, 5.41) is 7.69. The average molecular weight is 477 g/mol. The van der Waals surface area contributed by atoms with Gasteiger partial charge in [0.2, 0.25) is 0 Å². The highest BCUT2D eigenvalue weighted by atomic mass is 15.0. The molecule has 0 bridgehead atoms. The van der Waals surface area contributed by atoms with Crippen molar-refractivity contribution in [1.29, 1.82) is 0 Å². The van der Waals surface area contributed by atoms with Gasteiger partial charge in [-0.15, -0.1) is 0 Å². The standard InChI is InChI=1S/C35H28N2/c1-3-5-14-25(4-2)36-32-19-12-11-18-28(32)30-22-31-29-21-20-24-13-9-10-17-27(24)35(29)37(34(31)23-33(30)36)26-15-7-6-8-16-26/h3-7,9-15,17-23H,2,8,16H2,1H3/b5-3?,25-14+. The molecule has 2 aromatic heterocycles. The lowest BCUT2D eigenvalue weighted by molar-refractivity contribution is 0.980. The van der Waals surface area contributed by atoms with Crippen LogP contribution in [0.2, 0.25) is 0 Å². The lowest BCUT2D eigenvalue weighted by Crippen LogP contribution is -2.00. The van der Waals surface area contributed by atoms with E-state index in [1.165, 1.54) is 60.1 Å². The fourth-order valence-electron chi connectivity index (χ4n) is 6.02. The summed E-state index contributed by atoms with van der Waals surface area (Å²) in [5.74, 6) is 0. The third-order valence-electron chi connectivity index (χ3n) is 7.65. The summed E-state index contributed by atoms with van der Waals surface area (Å²) in [7, 11) is 0. The van der Waals surface area contributed by atoms with Gasteiger partial charge in [0, 0.05) is 38.3 Å². The van der Waals surface area contributed by atoms with Crippen molar-refractivity contribution in [2.45, 2.75) is 19.8 Å². The SMILES string of the molecule is C=C/C(=C\C=CC)n1c2ccccc2c2cc3c4ccc5ccccc5c4n(C4=CC=CCC4)c3cc21. The van der Waals surface area contributed by atoms with E-state index in [0.29, 0.717) is 0 Å². The number of aromatic nitrogens is 2. The molecule has 4 aromatic carbocycles. The van der Waals surface area contributed by atoms with Gasteiger partial charge >= 0.3 is 0 Å². The van der Waals surface area contributed by atoms with E-state index in [1.807, 2.05) is 13.0 Å². The van der Waals surface area contributed by atoms with Crippen LogP contribution in [0.1, 0.15) is 19.8 Å². The zero-order chi connectivity index (χ0) is 24.9. The van der Waals surface area contributed by atoms with Crippen molar-refractivity contribution >= 4 is 65.8 Å². The van der Waals surface area contributed by atoms with Gasteiger partial charge in [-0.05, 0) is 61.6 Å². The Kier molecular flexibility index (Phi) is 5.00. The number of hydrogen-bond donors (Lipinski definition) is 0. The first kappa shape index (κ1) is 21.7. The minimum Gasteiger partial charge on any atom is -0.312 e. The van der Waals surface area contributed by atoms with E-state index in [0.717, 1.165) is 18.5 Å². The lowest BCUT2D eigenvalue weighted by atomic mass is 10.0. The van der Waals surface area contributed by atoms with Gasteiger partial charge < -0.3 is 9.13 Å². The summed E-state index contributed by atoms with van der Waals surface area (Å²) in [5.41, 5.74) is 7.35. The zero-order valence-corrected chi connectivity index (χ0v) is 21.0. The van der Waals surface area contributed by atoms with Gasteiger partial charge in [-0.1, -0.05) is 85.5 Å². The number of rotatable bonds is 4. The van der Waals surface area contributed by atoms with Crippen LogP contribution in [0.3, 0.4) is 0 Å². The van der Waals surface area contributed by atoms with Gasteiger partial charge in [0.05, 0.1) is 22.1 Å². The van der Waals surface area contributed by atoms with E-state index in [1.54, 1.807) is 0 Å². The Morgan fingerprint density at radius 1 is 0.811 bits per heavy atom. The van der Waals surface area contributed by atoms with Crippen molar-refractivity contribution in [1.82, 2.24) is 9.13 Å². The third-order valence-corrected chi connectivity index (χ3v) is 7.65. The highest BCUT2D eigenvalue weighted by Crippen LogP contribution is 2.42. The molecule has 0 saturated carbocycles. The second-order valence-electron chi connectivity index (χ2n) is 9.70. The number of hydrogen-bond acceptors (Lipinski definition) is 0. The highest BCUT2D eigenvalue weighted by molar-refractivity contribution is 6.23. The molecule has 2 nitrogen and oxygen atoms in total. The van der Waals surface area contributed by atoms with Crippen LogP contribution < -0.4 is 0 Å². The van der Waals surface area contributed by atoms with Gasteiger partial charge in [-0.2, -0.15) is 0 Å². The fraction of sp³-hybridized carbons (Fsp3) is 0.0857. The molecule has 2 heterocycles. The Morgan fingerprint density at radius 2 is 1.62 bits per heavy atom. The van der Waals surface area contributed by atoms with Crippen LogP contribution in [0.5, 0.6) is 0 Å². The van der Waals surface area contributed by atoms with Crippen LogP contribution in [0.4, 0.5) is 0 Å². The van der Waals surface area contributed by atoms with Crippen molar-refractivity contribution in [2.75, 3.05) is 0 Å². The van der Waals surface area contributed by atoms with E-state index in [-0.39, 0.29) is 0 Å². The number of allylic oxidation sites excluding steroid dienone is 9. The minimum absolute atomic E-state index is 1.03. The molecule has 0 spiro atoms. The van der Waals surface area contributed by atoms with Crippen LogP contribution in [0, 0.1) is 0 Å². The quantitative estimate of drug-likeness (QED) is 0.224. The summed E-state index contributed by atoms with van der Waals surface area (Å²) in [4.78, 5) is 0.